The van der Waals surface area contributed by atoms with Crippen LogP contribution in [0.2, 0.25) is 0 Å². The molecule has 0 heterocycles. The van der Waals surface area contributed by atoms with E-state index in [1.54, 1.807) is 0 Å². The van der Waals surface area contributed by atoms with Crippen molar-refractivity contribution in [3.05, 3.63) is 34.4 Å². The molecule has 0 saturated heterocycles. The van der Waals surface area contributed by atoms with Crippen LogP contribution in [0.4, 0.5) is 17.6 Å². The third-order valence-corrected chi connectivity index (χ3v) is 3.56. The number of nitrogens with zero attached hydrogens (tertiary/aromatic N) is 1. The summed E-state index contributed by atoms with van der Waals surface area (Å²) in [5.74, 6) is -11.5. The van der Waals surface area contributed by atoms with Gasteiger partial charge in [0.15, 0.2) is 35.0 Å². The summed E-state index contributed by atoms with van der Waals surface area (Å²) in [6.07, 6.45) is 2.57. The van der Waals surface area contributed by atoms with Gasteiger partial charge in [0.1, 0.15) is 0 Å². The lowest BCUT2D eigenvalue weighted by molar-refractivity contribution is -0.143. The van der Waals surface area contributed by atoms with Gasteiger partial charge in [0.05, 0.1) is 12.2 Å². The normalized spacial score (nSPS) is 15.6. The first-order valence-electron chi connectivity index (χ1n) is 7.36. The topological polar surface area (TPSA) is 55.7 Å². The van der Waals surface area contributed by atoms with Crippen LogP contribution >= 0.6 is 0 Å². The first kappa shape index (κ1) is 18.1. The summed E-state index contributed by atoms with van der Waals surface area (Å²) in [4.78, 5) is 28.4. The predicted octanol–water partition coefficient (Wildman–Crippen LogP) is 3.15. The average molecular weight is 345 g/mol. The summed E-state index contributed by atoms with van der Waals surface area (Å²) in [6.45, 7) is 2.38. The number of hydrogen-bond donors (Lipinski definition) is 0. The fourth-order valence-corrected chi connectivity index (χ4v) is 2.09. The summed E-state index contributed by atoms with van der Waals surface area (Å²) in [5, 5.41) is 0. The molecule has 2 rings (SSSR count). The molecule has 1 aliphatic carbocycles. The molecule has 0 aliphatic heterocycles. The van der Waals surface area contributed by atoms with Gasteiger partial charge in [-0.1, -0.05) is 0 Å². The molecule has 1 aromatic carbocycles. The van der Waals surface area contributed by atoms with Crippen LogP contribution in [-0.4, -0.2) is 30.6 Å². The Bertz CT molecular complexity index is 685. The number of halogens is 4. The van der Waals surface area contributed by atoms with E-state index in [4.69, 9.17) is 4.74 Å². The summed E-state index contributed by atoms with van der Waals surface area (Å²) in [6, 6.07) is -0.0395. The molecule has 1 atom stereocenters. The van der Waals surface area contributed by atoms with Crippen molar-refractivity contribution in [3.63, 3.8) is 0 Å². The van der Waals surface area contributed by atoms with E-state index in [-0.39, 0.29) is 12.6 Å². The number of carbonyl (C=O) groups is 2. The van der Waals surface area contributed by atoms with Gasteiger partial charge in [0.25, 0.3) is 0 Å². The Hall–Kier alpha value is -2.25. The minimum Gasteiger partial charge on any atom is -0.465 e. The van der Waals surface area contributed by atoms with E-state index in [1.807, 2.05) is 0 Å². The zero-order valence-corrected chi connectivity index (χ0v) is 13.0. The SMILES string of the molecule is CCOC(=O)C(C=NC1CC1)C(=O)c1c(C)c(F)c(F)c(F)c1F. The zero-order valence-electron chi connectivity index (χ0n) is 13.0. The van der Waals surface area contributed by atoms with Crippen molar-refractivity contribution >= 4 is 18.0 Å². The minimum atomic E-state index is -2.11. The van der Waals surface area contributed by atoms with Crippen molar-refractivity contribution in [1.29, 1.82) is 0 Å². The smallest absolute Gasteiger partial charge is 0.322 e. The van der Waals surface area contributed by atoms with Crippen molar-refractivity contribution in [3.8, 4) is 0 Å². The highest BCUT2D eigenvalue weighted by molar-refractivity contribution is 6.19. The van der Waals surface area contributed by atoms with Crippen molar-refractivity contribution in [2.24, 2.45) is 10.9 Å². The van der Waals surface area contributed by atoms with Gasteiger partial charge in [-0.15, -0.1) is 0 Å². The lowest BCUT2D eigenvalue weighted by Crippen LogP contribution is -2.30. The van der Waals surface area contributed by atoms with Gasteiger partial charge in [-0.2, -0.15) is 0 Å². The van der Waals surface area contributed by atoms with E-state index in [0.717, 1.165) is 26.0 Å². The average Bonchev–Trinajstić information content (AvgIpc) is 3.36. The second-order valence-corrected chi connectivity index (χ2v) is 5.38. The number of esters is 1. The molecular formula is C16H15F4NO3. The highest BCUT2D eigenvalue weighted by Gasteiger charge is 2.35. The number of Topliss-reactive ketones (excluding diaryl/α,β-unsaturated/α-hetero) is 1. The fraction of sp³-hybridized carbons (Fsp3) is 0.438. The molecule has 1 fully saturated rings. The van der Waals surface area contributed by atoms with Gasteiger partial charge in [-0.25, -0.2) is 17.6 Å². The lowest BCUT2D eigenvalue weighted by atomic mass is 9.94. The molecule has 0 bridgehead atoms. The highest BCUT2D eigenvalue weighted by Crippen LogP contribution is 2.27. The third kappa shape index (κ3) is 3.47. The monoisotopic (exact) mass is 345 g/mol. The molecule has 1 aliphatic rings. The van der Waals surface area contributed by atoms with E-state index in [0.29, 0.717) is 0 Å². The number of carbonyl (C=O) groups excluding carboxylic acids is 2. The molecule has 0 spiro atoms. The van der Waals surface area contributed by atoms with Gasteiger partial charge >= 0.3 is 5.97 Å². The van der Waals surface area contributed by atoms with Gasteiger partial charge < -0.3 is 4.74 Å². The Balaban J connectivity index is 2.47. The Morgan fingerprint density at radius 3 is 2.29 bits per heavy atom. The Kier molecular flexibility index (Phi) is 5.36. The summed E-state index contributed by atoms with van der Waals surface area (Å²) >= 11 is 0. The van der Waals surface area contributed by atoms with Crippen molar-refractivity contribution in [2.45, 2.75) is 32.7 Å². The number of rotatable bonds is 6. The minimum absolute atomic E-state index is 0.0395. The Morgan fingerprint density at radius 2 is 1.75 bits per heavy atom. The van der Waals surface area contributed by atoms with E-state index >= 15 is 0 Å². The molecule has 4 nitrogen and oxygen atoms in total. The van der Waals surface area contributed by atoms with E-state index < -0.39 is 52.1 Å². The molecule has 1 saturated carbocycles. The first-order valence-corrected chi connectivity index (χ1v) is 7.36. The van der Waals surface area contributed by atoms with Crippen LogP contribution in [0.15, 0.2) is 4.99 Å². The Labute approximate surface area is 135 Å². The molecule has 0 N–H and O–H groups in total. The molecular weight excluding hydrogens is 330 g/mol. The molecule has 24 heavy (non-hydrogen) atoms. The van der Waals surface area contributed by atoms with Crippen LogP contribution < -0.4 is 0 Å². The third-order valence-electron chi connectivity index (χ3n) is 3.56. The van der Waals surface area contributed by atoms with Crippen molar-refractivity contribution in [1.82, 2.24) is 0 Å². The first-order chi connectivity index (χ1) is 11.3. The second-order valence-electron chi connectivity index (χ2n) is 5.38. The number of aliphatic imine (C=N–C) groups is 1. The predicted molar refractivity (Wildman–Crippen MR) is 77.0 cm³/mol. The van der Waals surface area contributed by atoms with Crippen molar-refractivity contribution < 1.29 is 31.9 Å². The summed E-state index contributed by atoms with van der Waals surface area (Å²) < 4.78 is 59.0. The number of benzene rings is 1. The van der Waals surface area contributed by atoms with Crippen LogP contribution in [0.25, 0.3) is 0 Å². The maximum Gasteiger partial charge on any atom is 0.322 e. The standard InChI is InChI=1S/C16H15F4NO3/c1-3-24-16(23)9(6-21-8-4-5-8)15(22)10-7(2)11(17)13(19)14(20)12(10)18/h6,8-9H,3-5H2,1-2H3. The quantitative estimate of drug-likeness (QED) is 0.151. The van der Waals surface area contributed by atoms with Crippen molar-refractivity contribution in [2.75, 3.05) is 6.61 Å². The van der Waals surface area contributed by atoms with Crippen LogP contribution in [-0.2, 0) is 9.53 Å². The molecule has 0 amide bonds. The van der Waals surface area contributed by atoms with Gasteiger partial charge in [0, 0.05) is 17.8 Å². The molecule has 1 aromatic rings. The van der Waals surface area contributed by atoms with E-state index in [2.05, 4.69) is 4.99 Å². The Morgan fingerprint density at radius 1 is 1.17 bits per heavy atom. The number of hydrogen-bond acceptors (Lipinski definition) is 4. The van der Waals surface area contributed by atoms with Gasteiger partial charge in [0.2, 0.25) is 0 Å². The lowest BCUT2D eigenvalue weighted by Gasteiger charge is -2.14. The summed E-state index contributed by atoms with van der Waals surface area (Å²) in [7, 11) is 0. The largest absolute Gasteiger partial charge is 0.465 e. The summed E-state index contributed by atoms with van der Waals surface area (Å²) in [5.41, 5.74) is -1.74. The fourth-order valence-electron chi connectivity index (χ4n) is 2.09. The highest BCUT2D eigenvalue weighted by atomic mass is 19.2. The molecule has 130 valence electrons. The zero-order chi connectivity index (χ0) is 18.0. The number of ether oxygens (including phenoxy) is 1. The van der Waals surface area contributed by atoms with Gasteiger partial charge in [-0.3, -0.25) is 14.6 Å². The van der Waals surface area contributed by atoms with E-state index in [9.17, 15) is 27.2 Å². The van der Waals surface area contributed by atoms with Crippen LogP contribution in [0.3, 0.4) is 0 Å². The molecule has 8 heteroatoms. The molecule has 0 radical (unpaired) electrons. The maximum atomic E-state index is 14.0. The number of ketones is 1. The maximum absolute atomic E-state index is 14.0. The second kappa shape index (κ2) is 7.11. The van der Waals surface area contributed by atoms with Crippen LogP contribution in [0.1, 0.15) is 35.7 Å². The molecule has 0 aromatic heterocycles. The van der Waals surface area contributed by atoms with Gasteiger partial charge in [-0.05, 0) is 26.7 Å². The van der Waals surface area contributed by atoms with E-state index in [1.165, 1.54) is 6.92 Å². The van der Waals surface area contributed by atoms with Crippen LogP contribution in [0, 0.1) is 36.1 Å². The molecule has 1 unspecified atom stereocenters. The van der Waals surface area contributed by atoms with Crippen LogP contribution in [0.5, 0.6) is 0 Å².